The number of likely N-dealkylation sites (tertiary alicyclic amines) is 1. The zero-order valence-electron chi connectivity index (χ0n) is 10.7. The highest BCUT2D eigenvalue weighted by Gasteiger charge is 2.47. The van der Waals surface area contributed by atoms with Crippen LogP contribution in [0.4, 0.5) is 4.39 Å². The number of amides is 2. The number of hydrogen-bond acceptors (Lipinski definition) is 2. The van der Waals surface area contributed by atoms with Crippen molar-refractivity contribution in [1.29, 1.82) is 0 Å². The zero-order chi connectivity index (χ0) is 14.3. The number of allylic oxidation sites excluding steroid dienone is 2. The van der Waals surface area contributed by atoms with Crippen molar-refractivity contribution in [2.45, 2.75) is 19.4 Å². The third kappa shape index (κ3) is 2.20. The van der Waals surface area contributed by atoms with E-state index in [1.807, 2.05) is 12.2 Å². The molecule has 1 fully saturated rings. The highest BCUT2D eigenvalue weighted by Crippen LogP contribution is 2.36. The molecule has 1 aromatic carbocycles. The number of carbonyl (C=O) groups excluding carboxylic acids is 2. The van der Waals surface area contributed by atoms with E-state index >= 15 is 0 Å². The first-order valence-electron chi connectivity index (χ1n) is 6.52. The van der Waals surface area contributed by atoms with Gasteiger partial charge in [0.25, 0.3) is 0 Å². The average molecular weight is 338 g/mol. The number of hydrogen-bond donors (Lipinski definition) is 0. The van der Waals surface area contributed by atoms with Crippen molar-refractivity contribution in [3.8, 4) is 0 Å². The minimum Gasteiger partial charge on any atom is -0.278 e. The van der Waals surface area contributed by atoms with Crippen molar-refractivity contribution in [3.63, 3.8) is 0 Å². The molecule has 2 amide bonds. The number of halogens is 2. The van der Waals surface area contributed by atoms with E-state index in [2.05, 4.69) is 15.9 Å². The smallest absolute Gasteiger partial charge is 0.233 e. The second-order valence-corrected chi connectivity index (χ2v) is 6.01. The summed E-state index contributed by atoms with van der Waals surface area (Å²) in [6.07, 6.45) is 5.19. The summed E-state index contributed by atoms with van der Waals surface area (Å²) in [4.78, 5) is 25.9. The number of benzene rings is 1. The van der Waals surface area contributed by atoms with Crippen LogP contribution in [0, 0.1) is 17.7 Å². The molecule has 1 aliphatic carbocycles. The minimum atomic E-state index is -0.349. The second kappa shape index (κ2) is 5.13. The maximum absolute atomic E-state index is 13.1. The average Bonchev–Trinajstić information content (AvgIpc) is 2.67. The van der Waals surface area contributed by atoms with Crippen LogP contribution in [0.3, 0.4) is 0 Å². The molecule has 1 saturated heterocycles. The molecule has 0 unspecified atom stereocenters. The van der Waals surface area contributed by atoms with Crippen LogP contribution >= 0.6 is 15.9 Å². The van der Waals surface area contributed by atoms with Crippen LogP contribution in [0.5, 0.6) is 0 Å². The third-order valence-corrected chi connectivity index (χ3v) is 4.68. The molecule has 0 N–H and O–H groups in total. The molecular formula is C15H13BrFNO2. The Labute approximate surface area is 124 Å². The molecular weight excluding hydrogens is 325 g/mol. The summed E-state index contributed by atoms with van der Waals surface area (Å²) in [6, 6.07) is 4.27. The molecule has 20 heavy (non-hydrogen) atoms. The van der Waals surface area contributed by atoms with Crippen molar-refractivity contribution in [2.75, 3.05) is 0 Å². The third-order valence-electron chi connectivity index (χ3n) is 3.94. The van der Waals surface area contributed by atoms with E-state index in [0.717, 1.165) is 5.56 Å². The Morgan fingerprint density at radius 2 is 1.75 bits per heavy atom. The molecule has 0 aromatic heterocycles. The Morgan fingerprint density at radius 1 is 1.15 bits per heavy atom. The monoisotopic (exact) mass is 337 g/mol. The molecule has 1 aromatic rings. The molecule has 3 nitrogen and oxygen atoms in total. The van der Waals surface area contributed by atoms with Gasteiger partial charge in [-0.05, 0) is 30.5 Å². The van der Waals surface area contributed by atoms with Crippen molar-refractivity contribution < 1.29 is 14.0 Å². The van der Waals surface area contributed by atoms with E-state index in [1.165, 1.54) is 17.0 Å². The van der Waals surface area contributed by atoms with Gasteiger partial charge in [0.05, 0.1) is 18.4 Å². The van der Waals surface area contributed by atoms with Gasteiger partial charge in [0.2, 0.25) is 11.8 Å². The summed E-state index contributed by atoms with van der Waals surface area (Å²) >= 11 is 3.27. The number of carbonyl (C=O) groups is 2. The molecule has 0 bridgehead atoms. The molecule has 104 valence electrons. The first-order chi connectivity index (χ1) is 9.58. The van der Waals surface area contributed by atoms with Gasteiger partial charge in [0, 0.05) is 4.47 Å². The van der Waals surface area contributed by atoms with Crippen LogP contribution < -0.4 is 0 Å². The van der Waals surface area contributed by atoms with Gasteiger partial charge in [0.1, 0.15) is 5.82 Å². The topological polar surface area (TPSA) is 37.4 Å². The summed E-state index contributed by atoms with van der Waals surface area (Å²) < 4.78 is 13.6. The fourth-order valence-corrected chi connectivity index (χ4v) is 3.32. The van der Waals surface area contributed by atoms with Crippen molar-refractivity contribution in [2.24, 2.45) is 11.8 Å². The largest absolute Gasteiger partial charge is 0.278 e. The van der Waals surface area contributed by atoms with E-state index in [9.17, 15) is 14.0 Å². The van der Waals surface area contributed by atoms with Gasteiger partial charge in [-0.1, -0.05) is 34.1 Å². The molecule has 1 heterocycles. The van der Waals surface area contributed by atoms with Gasteiger partial charge in [-0.3, -0.25) is 14.5 Å². The van der Waals surface area contributed by atoms with Crippen LogP contribution in [0.25, 0.3) is 0 Å². The summed E-state index contributed by atoms with van der Waals surface area (Å²) in [6.45, 7) is 0.200. The fourth-order valence-electron chi connectivity index (χ4n) is 2.85. The van der Waals surface area contributed by atoms with E-state index < -0.39 is 0 Å². The van der Waals surface area contributed by atoms with Gasteiger partial charge < -0.3 is 0 Å². The Kier molecular flexibility index (Phi) is 3.46. The maximum Gasteiger partial charge on any atom is 0.233 e. The lowest BCUT2D eigenvalue weighted by atomic mass is 9.85. The number of imide groups is 1. The molecule has 2 atom stereocenters. The quantitative estimate of drug-likeness (QED) is 0.614. The van der Waals surface area contributed by atoms with Gasteiger partial charge in [0.15, 0.2) is 0 Å². The molecule has 2 aliphatic rings. The molecule has 0 radical (unpaired) electrons. The summed E-state index contributed by atoms with van der Waals surface area (Å²) in [7, 11) is 0. The van der Waals surface area contributed by atoms with Gasteiger partial charge in [-0.2, -0.15) is 0 Å². The number of fused-ring (bicyclic) bond motifs is 1. The normalized spacial score (nSPS) is 25.2. The highest BCUT2D eigenvalue weighted by molar-refractivity contribution is 9.10. The standard InChI is InChI=1S/C15H13BrFNO2/c16-13-7-10(17)6-5-9(13)8-18-14(19)11-3-1-2-4-12(11)15(18)20/h1-2,5-7,11-12H,3-4,8H2/t11-,12-/m0/s1. The van der Waals surface area contributed by atoms with Crippen LogP contribution in [0.15, 0.2) is 34.8 Å². The Morgan fingerprint density at radius 3 is 2.30 bits per heavy atom. The van der Waals surface area contributed by atoms with Crippen molar-refractivity contribution in [3.05, 3.63) is 46.2 Å². The predicted molar refractivity (Wildman–Crippen MR) is 75.0 cm³/mol. The van der Waals surface area contributed by atoms with Crippen LogP contribution in [0.1, 0.15) is 18.4 Å². The molecule has 5 heteroatoms. The van der Waals surface area contributed by atoms with E-state index in [0.29, 0.717) is 17.3 Å². The fraction of sp³-hybridized carbons (Fsp3) is 0.333. The molecule has 3 rings (SSSR count). The first kappa shape index (κ1) is 13.5. The lowest BCUT2D eigenvalue weighted by Crippen LogP contribution is -2.30. The minimum absolute atomic E-state index is 0.111. The molecule has 0 spiro atoms. The molecule has 1 aliphatic heterocycles. The Bertz CT molecular complexity index is 588. The second-order valence-electron chi connectivity index (χ2n) is 5.15. The predicted octanol–water partition coefficient (Wildman–Crippen LogP) is 3.04. The summed E-state index contributed by atoms with van der Waals surface area (Å²) in [5.74, 6) is -1.00. The SMILES string of the molecule is O=C1[C@H]2CC=CC[C@@H]2C(=O)N1Cc1ccc(F)cc1Br. The zero-order valence-corrected chi connectivity index (χ0v) is 12.3. The highest BCUT2D eigenvalue weighted by atomic mass is 79.9. The van der Waals surface area contributed by atoms with Crippen LogP contribution in [0.2, 0.25) is 0 Å². The van der Waals surface area contributed by atoms with E-state index in [4.69, 9.17) is 0 Å². The summed E-state index contributed by atoms with van der Waals surface area (Å²) in [5, 5.41) is 0. The summed E-state index contributed by atoms with van der Waals surface area (Å²) in [5.41, 5.74) is 0.736. The van der Waals surface area contributed by atoms with Crippen molar-refractivity contribution in [1.82, 2.24) is 4.90 Å². The Balaban J connectivity index is 1.84. The van der Waals surface area contributed by atoms with Crippen LogP contribution in [-0.4, -0.2) is 16.7 Å². The van der Waals surface area contributed by atoms with E-state index in [-0.39, 0.29) is 36.0 Å². The first-order valence-corrected chi connectivity index (χ1v) is 7.31. The Hall–Kier alpha value is -1.49. The lowest BCUT2D eigenvalue weighted by Gasteiger charge is -2.15. The lowest BCUT2D eigenvalue weighted by molar-refractivity contribution is -0.140. The van der Waals surface area contributed by atoms with Crippen LogP contribution in [-0.2, 0) is 16.1 Å². The van der Waals surface area contributed by atoms with Gasteiger partial charge in [-0.15, -0.1) is 0 Å². The van der Waals surface area contributed by atoms with Crippen molar-refractivity contribution >= 4 is 27.7 Å². The molecule has 0 saturated carbocycles. The van der Waals surface area contributed by atoms with E-state index in [1.54, 1.807) is 6.07 Å². The maximum atomic E-state index is 13.1. The number of nitrogens with zero attached hydrogens (tertiary/aromatic N) is 1. The van der Waals surface area contributed by atoms with Gasteiger partial charge in [-0.25, -0.2) is 4.39 Å². The van der Waals surface area contributed by atoms with Gasteiger partial charge >= 0.3 is 0 Å². The number of rotatable bonds is 2.